The van der Waals surface area contributed by atoms with Gasteiger partial charge in [-0.05, 0) is 54.2 Å². The maximum Gasteiger partial charge on any atom is 0.246 e. The first-order chi connectivity index (χ1) is 15.9. The van der Waals surface area contributed by atoms with Gasteiger partial charge >= 0.3 is 0 Å². The second kappa shape index (κ2) is 11.6. The molecule has 0 aliphatic heterocycles. The summed E-state index contributed by atoms with van der Waals surface area (Å²) in [5, 5.41) is 9.76. The third-order valence-corrected chi connectivity index (χ3v) is 6.01. The number of carbonyl (C=O) groups is 3. The molecule has 1 heterocycles. The van der Waals surface area contributed by atoms with Crippen molar-refractivity contribution in [1.29, 1.82) is 0 Å². The number of hydrogen-bond acceptors (Lipinski definition) is 6. The molecule has 0 aliphatic carbocycles. The fourth-order valence-electron chi connectivity index (χ4n) is 4.02. The number of nitrogens with two attached hydrogens (primary N) is 2. The standard InChI is InChI=1S/C25H35N5O4/c1-15(2)22(30(5)24(33)19(26)13-17-8-10-28-11-9-17)25(34)29(4)20(23(27)32)14-18-6-7-21(31)16(3)12-18/h6-12,15,19-20,22,31H,13-14,26H2,1-5H3,(H2,27,32)/t19?,20?,22-/m0/s1. The molecule has 0 aliphatic rings. The maximum absolute atomic E-state index is 13.5. The molecule has 1 aromatic carbocycles. The molecule has 0 radical (unpaired) electrons. The third kappa shape index (κ3) is 6.54. The molecular formula is C25H35N5O4. The molecular weight excluding hydrogens is 434 g/mol. The number of rotatable bonds is 10. The monoisotopic (exact) mass is 469 g/mol. The summed E-state index contributed by atoms with van der Waals surface area (Å²) in [5.74, 6) is -1.52. The first kappa shape index (κ1) is 26.8. The Hall–Kier alpha value is -3.46. The van der Waals surface area contributed by atoms with E-state index in [4.69, 9.17) is 11.5 Å². The Balaban J connectivity index is 2.21. The van der Waals surface area contributed by atoms with Gasteiger partial charge in [0.2, 0.25) is 17.7 Å². The number of aromatic hydroxyl groups is 1. The number of likely N-dealkylation sites (N-methyl/N-ethyl adjacent to an activating group) is 2. The summed E-state index contributed by atoms with van der Waals surface area (Å²) in [6.45, 7) is 5.41. The molecule has 5 N–H and O–H groups in total. The SMILES string of the molecule is Cc1cc(CC(C(N)=O)N(C)C(=O)[C@H](C(C)C)N(C)C(=O)C(N)Cc2ccncc2)ccc1O. The summed E-state index contributed by atoms with van der Waals surface area (Å²) in [5.41, 5.74) is 14.1. The van der Waals surface area contributed by atoms with Gasteiger partial charge in [-0.1, -0.05) is 26.0 Å². The van der Waals surface area contributed by atoms with Crippen LogP contribution in [0.2, 0.25) is 0 Å². The molecule has 1 aromatic heterocycles. The lowest BCUT2D eigenvalue weighted by Crippen LogP contribution is -2.58. The number of aromatic nitrogens is 1. The molecule has 9 heteroatoms. The van der Waals surface area contributed by atoms with Crippen molar-refractivity contribution >= 4 is 17.7 Å². The Morgan fingerprint density at radius 3 is 2.12 bits per heavy atom. The van der Waals surface area contributed by atoms with Gasteiger partial charge in [-0.3, -0.25) is 19.4 Å². The molecule has 0 saturated heterocycles. The smallest absolute Gasteiger partial charge is 0.246 e. The van der Waals surface area contributed by atoms with Crippen LogP contribution in [-0.4, -0.2) is 69.8 Å². The quantitative estimate of drug-likeness (QED) is 0.474. The Bertz CT molecular complexity index is 1010. The number of benzene rings is 1. The van der Waals surface area contributed by atoms with Crippen molar-refractivity contribution in [2.24, 2.45) is 17.4 Å². The largest absolute Gasteiger partial charge is 0.508 e. The van der Waals surface area contributed by atoms with Crippen molar-refractivity contribution in [3.05, 3.63) is 59.4 Å². The fraction of sp³-hybridized carbons (Fsp3) is 0.440. The highest BCUT2D eigenvalue weighted by Crippen LogP contribution is 2.21. The van der Waals surface area contributed by atoms with Crippen LogP contribution in [0.25, 0.3) is 0 Å². The van der Waals surface area contributed by atoms with Crippen molar-refractivity contribution in [2.45, 2.75) is 51.7 Å². The number of hydrogen-bond donors (Lipinski definition) is 3. The van der Waals surface area contributed by atoms with E-state index in [9.17, 15) is 19.5 Å². The van der Waals surface area contributed by atoms with Crippen molar-refractivity contribution in [1.82, 2.24) is 14.8 Å². The minimum absolute atomic E-state index is 0.145. The van der Waals surface area contributed by atoms with Gasteiger partial charge in [-0.25, -0.2) is 0 Å². The van der Waals surface area contributed by atoms with Crippen LogP contribution < -0.4 is 11.5 Å². The number of phenols is 1. The van der Waals surface area contributed by atoms with Gasteiger partial charge in [0.15, 0.2) is 0 Å². The summed E-state index contributed by atoms with van der Waals surface area (Å²) < 4.78 is 0. The van der Waals surface area contributed by atoms with Gasteiger partial charge in [0.05, 0.1) is 6.04 Å². The molecule has 2 unspecified atom stereocenters. The molecule has 3 atom stereocenters. The van der Waals surface area contributed by atoms with Gasteiger partial charge in [-0.15, -0.1) is 0 Å². The highest BCUT2D eigenvalue weighted by molar-refractivity contribution is 5.92. The zero-order chi connectivity index (χ0) is 25.6. The number of phenolic OH excluding ortho intramolecular Hbond substituents is 1. The number of nitrogens with zero attached hydrogens (tertiary/aromatic N) is 3. The second-order valence-corrected chi connectivity index (χ2v) is 9.00. The number of pyridine rings is 1. The third-order valence-electron chi connectivity index (χ3n) is 6.01. The van der Waals surface area contributed by atoms with E-state index < -0.39 is 29.9 Å². The van der Waals surface area contributed by atoms with Gasteiger partial charge in [0.1, 0.15) is 17.8 Å². The van der Waals surface area contributed by atoms with Crippen LogP contribution in [0.15, 0.2) is 42.7 Å². The molecule has 0 saturated carbocycles. The number of amides is 3. The zero-order valence-corrected chi connectivity index (χ0v) is 20.4. The van der Waals surface area contributed by atoms with E-state index in [0.29, 0.717) is 12.0 Å². The molecule has 34 heavy (non-hydrogen) atoms. The molecule has 3 amide bonds. The normalized spacial score (nSPS) is 13.7. The van der Waals surface area contributed by atoms with Crippen LogP contribution >= 0.6 is 0 Å². The highest BCUT2D eigenvalue weighted by atomic mass is 16.3. The van der Waals surface area contributed by atoms with Crippen LogP contribution in [-0.2, 0) is 27.2 Å². The average Bonchev–Trinajstić information content (AvgIpc) is 2.78. The maximum atomic E-state index is 13.5. The predicted octanol–water partition coefficient (Wildman–Crippen LogP) is 1.00. The van der Waals surface area contributed by atoms with Crippen molar-refractivity contribution in [2.75, 3.05) is 14.1 Å². The average molecular weight is 470 g/mol. The summed E-state index contributed by atoms with van der Waals surface area (Å²) in [6, 6.07) is 5.96. The van der Waals surface area contributed by atoms with E-state index in [2.05, 4.69) is 4.98 Å². The molecule has 2 rings (SSSR count). The summed E-state index contributed by atoms with van der Waals surface area (Å²) in [6.07, 6.45) is 3.75. The molecule has 0 bridgehead atoms. The minimum atomic E-state index is -0.924. The second-order valence-electron chi connectivity index (χ2n) is 9.00. The van der Waals surface area contributed by atoms with Gasteiger partial charge in [-0.2, -0.15) is 0 Å². The lowest BCUT2D eigenvalue weighted by molar-refractivity contribution is -0.149. The van der Waals surface area contributed by atoms with Crippen LogP contribution in [0, 0.1) is 12.8 Å². The van der Waals surface area contributed by atoms with Crippen LogP contribution in [0.5, 0.6) is 5.75 Å². The van der Waals surface area contributed by atoms with Crippen molar-refractivity contribution < 1.29 is 19.5 Å². The molecule has 0 fully saturated rings. The van der Waals surface area contributed by atoms with Crippen LogP contribution in [0.4, 0.5) is 0 Å². The number of aryl methyl sites for hydroxylation is 1. The molecule has 2 aromatic rings. The number of carbonyl (C=O) groups excluding carboxylic acids is 3. The Labute approximate surface area is 200 Å². The molecule has 9 nitrogen and oxygen atoms in total. The van der Waals surface area contributed by atoms with E-state index in [-0.39, 0.29) is 24.0 Å². The van der Waals surface area contributed by atoms with E-state index >= 15 is 0 Å². The van der Waals surface area contributed by atoms with E-state index in [1.807, 2.05) is 13.8 Å². The van der Waals surface area contributed by atoms with Gasteiger partial charge < -0.3 is 26.4 Å². The lowest BCUT2D eigenvalue weighted by atomic mass is 9.97. The van der Waals surface area contributed by atoms with E-state index in [1.54, 1.807) is 50.6 Å². The minimum Gasteiger partial charge on any atom is -0.508 e. The highest BCUT2D eigenvalue weighted by Gasteiger charge is 2.37. The Kier molecular flexibility index (Phi) is 9.14. The van der Waals surface area contributed by atoms with Crippen LogP contribution in [0.1, 0.15) is 30.5 Å². The summed E-state index contributed by atoms with van der Waals surface area (Å²) in [4.78, 5) is 45.5. The Morgan fingerprint density at radius 2 is 1.59 bits per heavy atom. The molecule has 184 valence electrons. The first-order valence-electron chi connectivity index (χ1n) is 11.2. The van der Waals surface area contributed by atoms with E-state index in [0.717, 1.165) is 11.1 Å². The summed E-state index contributed by atoms with van der Waals surface area (Å²) >= 11 is 0. The van der Waals surface area contributed by atoms with Gasteiger partial charge in [0, 0.05) is 32.9 Å². The lowest BCUT2D eigenvalue weighted by Gasteiger charge is -2.36. The molecule has 0 spiro atoms. The van der Waals surface area contributed by atoms with Crippen molar-refractivity contribution in [3.8, 4) is 5.75 Å². The first-order valence-corrected chi connectivity index (χ1v) is 11.2. The van der Waals surface area contributed by atoms with Crippen LogP contribution in [0.3, 0.4) is 0 Å². The van der Waals surface area contributed by atoms with Crippen molar-refractivity contribution in [3.63, 3.8) is 0 Å². The predicted molar refractivity (Wildman–Crippen MR) is 130 cm³/mol. The van der Waals surface area contributed by atoms with Gasteiger partial charge in [0.25, 0.3) is 0 Å². The zero-order valence-electron chi connectivity index (χ0n) is 20.4. The topological polar surface area (TPSA) is 143 Å². The fourth-order valence-corrected chi connectivity index (χ4v) is 4.02. The van der Waals surface area contributed by atoms with E-state index in [1.165, 1.54) is 22.9 Å². The summed E-state index contributed by atoms with van der Waals surface area (Å²) in [7, 11) is 3.06. The number of primary amides is 1. The Morgan fingerprint density at radius 1 is 0.971 bits per heavy atom.